The van der Waals surface area contributed by atoms with Crippen molar-refractivity contribution in [3.05, 3.63) is 42.1 Å². The Morgan fingerprint density at radius 3 is 2.62 bits per heavy atom. The number of rotatable bonds is 3. The molecule has 0 saturated heterocycles. The Labute approximate surface area is 121 Å². The van der Waals surface area contributed by atoms with E-state index in [0.717, 1.165) is 16.6 Å². The van der Waals surface area contributed by atoms with Gasteiger partial charge in [0.05, 0.1) is 13.2 Å². The maximum Gasteiger partial charge on any atom is 0.228 e. The molecule has 21 heavy (non-hydrogen) atoms. The van der Waals surface area contributed by atoms with E-state index in [-0.39, 0.29) is 5.95 Å². The molecule has 106 valence electrons. The van der Waals surface area contributed by atoms with Crippen LogP contribution in [0.5, 0.6) is 17.5 Å². The molecule has 0 aliphatic heterocycles. The van der Waals surface area contributed by atoms with Gasteiger partial charge in [-0.1, -0.05) is 18.2 Å². The van der Waals surface area contributed by atoms with Crippen molar-refractivity contribution in [3.8, 4) is 17.5 Å². The number of para-hydroxylation sites is 1. The van der Waals surface area contributed by atoms with Gasteiger partial charge in [0, 0.05) is 11.1 Å². The third-order valence-electron chi connectivity index (χ3n) is 2.94. The van der Waals surface area contributed by atoms with Crippen LogP contribution in [0.1, 0.15) is 5.69 Å². The van der Waals surface area contributed by atoms with Gasteiger partial charge in [0.2, 0.25) is 17.7 Å². The Morgan fingerprint density at radius 2 is 1.81 bits per heavy atom. The van der Waals surface area contributed by atoms with E-state index in [1.54, 1.807) is 6.07 Å². The van der Waals surface area contributed by atoms with Gasteiger partial charge in [-0.3, -0.25) is 0 Å². The lowest BCUT2D eigenvalue weighted by Crippen LogP contribution is -2.00. The summed E-state index contributed by atoms with van der Waals surface area (Å²) < 4.78 is 10.8. The molecule has 3 aromatic rings. The summed E-state index contributed by atoms with van der Waals surface area (Å²) in [6.45, 7) is 1.93. The lowest BCUT2D eigenvalue weighted by Gasteiger charge is -2.09. The average Bonchev–Trinajstić information content (AvgIpc) is 2.47. The van der Waals surface area contributed by atoms with Crippen molar-refractivity contribution < 1.29 is 9.47 Å². The van der Waals surface area contributed by atoms with Crippen LogP contribution in [-0.2, 0) is 0 Å². The van der Waals surface area contributed by atoms with E-state index >= 15 is 0 Å². The predicted octanol–water partition coefficient (Wildman–Crippen LogP) is 2.72. The van der Waals surface area contributed by atoms with Crippen LogP contribution in [0.3, 0.4) is 0 Å². The Kier molecular flexibility index (Phi) is 3.27. The maximum absolute atomic E-state index is 5.80. The molecule has 6 nitrogen and oxygen atoms in total. The van der Waals surface area contributed by atoms with Crippen molar-refractivity contribution >= 4 is 16.9 Å². The molecule has 0 atom stereocenters. The number of fused-ring (bicyclic) bond motifs is 1. The molecule has 2 aromatic heterocycles. The third-order valence-corrected chi connectivity index (χ3v) is 2.94. The van der Waals surface area contributed by atoms with Crippen LogP contribution in [0, 0.1) is 6.92 Å². The molecule has 0 saturated carbocycles. The van der Waals surface area contributed by atoms with Crippen molar-refractivity contribution in [2.45, 2.75) is 6.92 Å². The summed E-state index contributed by atoms with van der Waals surface area (Å²) in [7, 11) is 1.51. The maximum atomic E-state index is 5.80. The van der Waals surface area contributed by atoms with Crippen LogP contribution < -0.4 is 15.2 Å². The minimum Gasteiger partial charge on any atom is -0.481 e. The summed E-state index contributed by atoms with van der Waals surface area (Å²) in [5.41, 5.74) is 7.31. The fourth-order valence-corrected chi connectivity index (χ4v) is 1.99. The molecule has 2 heterocycles. The van der Waals surface area contributed by atoms with E-state index in [2.05, 4.69) is 15.0 Å². The number of nitrogen functional groups attached to an aromatic ring is 1. The number of benzene rings is 1. The van der Waals surface area contributed by atoms with Gasteiger partial charge in [-0.25, -0.2) is 4.98 Å². The molecule has 2 N–H and O–H groups in total. The Hall–Kier alpha value is -2.89. The van der Waals surface area contributed by atoms with E-state index in [9.17, 15) is 0 Å². The van der Waals surface area contributed by atoms with Crippen molar-refractivity contribution in [1.29, 1.82) is 0 Å². The highest BCUT2D eigenvalue weighted by atomic mass is 16.5. The number of methoxy groups -OCH3 is 1. The molecule has 0 aliphatic rings. The zero-order valence-corrected chi connectivity index (χ0v) is 11.7. The molecule has 0 radical (unpaired) electrons. The fourth-order valence-electron chi connectivity index (χ4n) is 1.99. The van der Waals surface area contributed by atoms with E-state index in [1.165, 1.54) is 7.11 Å². The summed E-state index contributed by atoms with van der Waals surface area (Å²) in [6, 6.07) is 11.2. The second-order valence-corrected chi connectivity index (χ2v) is 4.49. The second kappa shape index (κ2) is 5.24. The monoisotopic (exact) mass is 282 g/mol. The molecular weight excluding hydrogens is 268 g/mol. The number of anilines is 1. The number of pyridine rings is 1. The van der Waals surface area contributed by atoms with Crippen LogP contribution in [0.4, 0.5) is 5.95 Å². The standard InChI is InChI=1S/C15H14N4O2/c1-9-6-7-10-4-3-5-11(14(10)17-9)21-13-8-12(20-2)18-15(16)19-13/h3-8H,1-2H3,(H2,16,18,19). The quantitative estimate of drug-likeness (QED) is 0.795. The summed E-state index contributed by atoms with van der Waals surface area (Å²) in [6.07, 6.45) is 0. The lowest BCUT2D eigenvalue weighted by atomic mass is 10.2. The van der Waals surface area contributed by atoms with Crippen LogP contribution >= 0.6 is 0 Å². The molecule has 0 unspecified atom stereocenters. The molecule has 3 rings (SSSR count). The van der Waals surface area contributed by atoms with Gasteiger partial charge >= 0.3 is 0 Å². The number of hydrogen-bond donors (Lipinski definition) is 1. The largest absolute Gasteiger partial charge is 0.481 e. The molecule has 0 spiro atoms. The first-order valence-electron chi connectivity index (χ1n) is 6.38. The predicted molar refractivity (Wildman–Crippen MR) is 79.6 cm³/mol. The van der Waals surface area contributed by atoms with Crippen molar-refractivity contribution in [3.63, 3.8) is 0 Å². The molecule has 0 bridgehead atoms. The number of nitrogens with two attached hydrogens (primary N) is 1. The smallest absolute Gasteiger partial charge is 0.228 e. The van der Waals surface area contributed by atoms with E-state index < -0.39 is 0 Å². The molecule has 0 amide bonds. The van der Waals surface area contributed by atoms with Gasteiger partial charge in [-0.05, 0) is 19.1 Å². The average molecular weight is 282 g/mol. The Bertz CT molecular complexity index is 805. The Morgan fingerprint density at radius 1 is 1.00 bits per heavy atom. The minimum atomic E-state index is 0.0914. The molecular formula is C15H14N4O2. The van der Waals surface area contributed by atoms with Gasteiger partial charge in [0.1, 0.15) is 5.52 Å². The highest BCUT2D eigenvalue weighted by Crippen LogP contribution is 2.29. The zero-order valence-electron chi connectivity index (χ0n) is 11.7. The first-order valence-corrected chi connectivity index (χ1v) is 6.38. The molecule has 1 aromatic carbocycles. The first-order chi connectivity index (χ1) is 10.2. The van der Waals surface area contributed by atoms with Crippen LogP contribution in [0.15, 0.2) is 36.4 Å². The van der Waals surface area contributed by atoms with E-state index in [4.69, 9.17) is 15.2 Å². The molecule has 6 heteroatoms. The van der Waals surface area contributed by atoms with Gasteiger partial charge < -0.3 is 15.2 Å². The van der Waals surface area contributed by atoms with E-state index in [1.807, 2.05) is 37.3 Å². The van der Waals surface area contributed by atoms with Crippen LogP contribution in [0.25, 0.3) is 10.9 Å². The Balaban J connectivity index is 2.05. The topological polar surface area (TPSA) is 83.2 Å². The van der Waals surface area contributed by atoms with Crippen LogP contribution in [-0.4, -0.2) is 22.1 Å². The first kappa shape index (κ1) is 13.1. The number of aromatic nitrogens is 3. The minimum absolute atomic E-state index is 0.0914. The van der Waals surface area contributed by atoms with Gasteiger partial charge in [-0.15, -0.1) is 0 Å². The number of ether oxygens (including phenoxy) is 2. The zero-order chi connectivity index (χ0) is 14.8. The number of hydrogen-bond acceptors (Lipinski definition) is 6. The summed E-state index contributed by atoms with van der Waals surface area (Å²) in [5.74, 6) is 1.36. The summed E-state index contributed by atoms with van der Waals surface area (Å²) in [4.78, 5) is 12.5. The highest BCUT2D eigenvalue weighted by molar-refractivity contribution is 5.84. The normalized spacial score (nSPS) is 10.6. The highest BCUT2D eigenvalue weighted by Gasteiger charge is 2.09. The molecule has 0 fully saturated rings. The van der Waals surface area contributed by atoms with Crippen molar-refractivity contribution in [2.24, 2.45) is 0 Å². The lowest BCUT2D eigenvalue weighted by molar-refractivity contribution is 0.389. The van der Waals surface area contributed by atoms with Gasteiger partial charge in [-0.2, -0.15) is 9.97 Å². The SMILES string of the molecule is COc1cc(Oc2cccc3ccc(C)nc23)nc(N)n1. The fraction of sp³-hybridized carbons (Fsp3) is 0.133. The van der Waals surface area contributed by atoms with Crippen LogP contribution in [0.2, 0.25) is 0 Å². The van der Waals surface area contributed by atoms with Gasteiger partial charge in [0.25, 0.3) is 0 Å². The van der Waals surface area contributed by atoms with Gasteiger partial charge in [0.15, 0.2) is 5.75 Å². The third kappa shape index (κ3) is 2.69. The number of aryl methyl sites for hydroxylation is 1. The van der Waals surface area contributed by atoms with Crippen molar-refractivity contribution in [2.75, 3.05) is 12.8 Å². The van der Waals surface area contributed by atoms with E-state index in [0.29, 0.717) is 17.5 Å². The summed E-state index contributed by atoms with van der Waals surface area (Å²) >= 11 is 0. The molecule has 0 aliphatic carbocycles. The summed E-state index contributed by atoms with van der Waals surface area (Å²) in [5, 5.41) is 0.993. The van der Waals surface area contributed by atoms with Crippen molar-refractivity contribution in [1.82, 2.24) is 15.0 Å². The second-order valence-electron chi connectivity index (χ2n) is 4.49. The number of nitrogens with zero attached hydrogens (tertiary/aromatic N) is 3.